The summed E-state index contributed by atoms with van der Waals surface area (Å²) in [5.41, 5.74) is 8.80. The molecule has 0 aliphatic heterocycles. The van der Waals surface area contributed by atoms with Gasteiger partial charge in [-0.15, -0.1) is 0 Å². The van der Waals surface area contributed by atoms with Crippen LogP contribution in [0, 0.1) is 13.8 Å². The molecule has 0 aliphatic carbocycles. The largest absolute Gasteiger partial charge is 0.382 e. The minimum Gasteiger partial charge on any atom is -0.382 e. The van der Waals surface area contributed by atoms with Gasteiger partial charge in [0.05, 0.1) is 12.2 Å². The number of nitrogens with two attached hydrogens (primary N) is 1. The van der Waals surface area contributed by atoms with Crippen molar-refractivity contribution in [2.75, 3.05) is 5.73 Å². The van der Waals surface area contributed by atoms with Gasteiger partial charge in [-0.1, -0.05) is 0 Å². The van der Waals surface area contributed by atoms with E-state index in [1.54, 1.807) is 0 Å². The predicted molar refractivity (Wildman–Crippen MR) is 58.4 cm³/mol. The Labute approximate surface area is 88.5 Å². The van der Waals surface area contributed by atoms with Gasteiger partial charge in [-0.3, -0.25) is 9.36 Å². The molecule has 5 nitrogen and oxygen atoms in total. The molecule has 0 saturated heterocycles. The van der Waals surface area contributed by atoms with Crippen molar-refractivity contribution in [1.82, 2.24) is 19.6 Å². The second-order valence-corrected chi connectivity index (χ2v) is 3.77. The molecule has 2 rings (SSSR count). The fraction of sp³-hybridized carbons (Fsp3) is 0.400. The third kappa shape index (κ3) is 1.86. The Morgan fingerprint density at radius 2 is 1.93 bits per heavy atom. The van der Waals surface area contributed by atoms with Crippen LogP contribution in [0.25, 0.3) is 0 Å². The maximum absolute atomic E-state index is 5.61. The van der Waals surface area contributed by atoms with Crippen molar-refractivity contribution in [3.8, 4) is 0 Å². The molecule has 0 unspecified atom stereocenters. The van der Waals surface area contributed by atoms with Gasteiger partial charge >= 0.3 is 0 Å². The van der Waals surface area contributed by atoms with Crippen molar-refractivity contribution in [3.05, 3.63) is 29.2 Å². The van der Waals surface area contributed by atoms with Crippen LogP contribution >= 0.6 is 0 Å². The van der Waals surface area contributed by atoms with Gasteiger partial charge in [0.2, 0.25) is 0 Å². The summed E-state index contributed by atoms with van der Waals surface area (Å²) in [5, 5.41) is 8.56. The molecular weight excluding hydrogens is 190 g/mol. The van der Waals surface area contributed by atoms with E-state index in [-0.39, 0.29) is 0 Å². The molecule has 2 heterocycles. The van der Waals surface area contributed by atoms with Gasteiger partial charge in [-0.2, -0.15) is 10.2 Å². The molecule has 0 spiro atoms. The zero-order valence-electron chi connectivity index (χ0n) is 9.23. The van der Waals surface area contributed by atoms with Crippen molar-refractivity contribution in [2.24, 2.45) is 7.05 Å². The van der Waals surface area contributed by atoms with E-state index >= 15 is 0 Å². The lowest BCUT2D eigenvalue weighted by Gasteiger charge is -2.00. The molecule has 15 heavy (non-hydrogen) atoms. The molecule has 0 aliphatic rings. The van der Waals surface area contributed by atoms with Crippen molar-refractivity contribution in [1.29, 1.82) is 0 Å². The second kappa shape index (κ2) is 3.42. The lowest BCUT2D eigenvalue weighted by atomic mass is 10.3. The molecular formula is C10H15N5. The van der Waals surface area contributed by atoms with Crippen molar-refractivity contribution >= 4 is 5.82 Å². The Kier molecular flexibility index (Phi) is 2.22. The topological polar surface area (TPSA) is 61.7 Å². The van der Waals surface area contributed by atoms with E-state index in [9.17, 15) is 0 Å². The first-order chi connectivity index (χ1) is 7.06. The molecule has 2 aromatic heterocycles. The highest BCUT2D eigenvalue weighted by Crippen LogP contribution is 2.08. The number of aromatic nitrogens is 4. The Bertz CT molecular complexity index is 460. The summed E-state index contributed by atoms with van der Waals surface area (Å²) in [7, 11) is 1.93. The van der Waals surface area contributed by atoms with Gasteiger partial charge in [0, 0.05) is 24.5 Å². The summed E-state index contributed by atoms with van der Waals surface area (Å²) in [6.45, 7) is 4.69. The molecule has 0 bridgehead atoms. The van der Waals surface area contributed by atoms with Crippen LogP contribution in [0.2, 0.25) is 0 Å². The van der Waals surface area contributed by atoms with E-state index in [0.717, 1.165) is 17.1 Å². The summed E-state index contributed by atoms with van der Waals surface area (Å²) in [6.07, 6.45) is 0. The summed E-state index contributed by atoms with van der Waals surface area (Å²) in [4.78, 5) is 0. The van der Waals surface area contributed by atoms with Crippen LogP contribution in [0.5, 0.6) is 0 Å². The van der Waals surface area contributed by atoms with Gasteiger partial charge in [-0.25, -0.2) is 0 Å². The Morgan fingerprint density at radius 1 is 1.20 bits per heavy atom. The number of hydrogen-bond acceptors (Lipinski definition) is 3. The standard InChI is InChI=1S/C10H15N5/c1-7-4-9(12-14(7)3)6-15-8(2)5-10(11)13-15/h4-5H,6H2,1-3H3,(H2,11,13). The first-order valence-electron chi connectivity index (χ1n) is 4.85. The molecule has 0 aromatic carbocycles. The van der Waals surface area contributed by atoms with Gasteiger partial charge in [0.1, 0.15) is 5.82 Å². The Hall–Kier alpha value is -1.78. The lowest BCUT2D eigenvalue weighted by molar-refractivity contribution is 0.634. The highest BCUT2D eigenvalue weighted by Gasteiger charge is 2.05. The number of rotatable bonds is 2. The molecule has 2 aromatic rings. The van der Waals surface area contributed by atoms with Gasteiger partial charge in [0.25, 0.3) is 0 Å². The van der Waals surface area contributed by atoms with E-state index in [0.29, 0.717) is 12.4 Å². The van der Waals surface area contributed by atoms with Gasteiger partial charge in [0.15, 0.2) is 0 Å². The molecule has 0 radical (unpaired) electrons. The SMILES string of the molecule is Cc1cc(Cn2nc(N)cc2C)nn1C. The van der Waals surface area contributed by atoms with E-state index in [1.807, 2.05) is 36.3 Å². The van der Waals surface area contributed by atoms with Crippen LogP contribution in [0.15, 0.2) is 12.1 Å². The molecule has 80 valence electrons. The van der Waals surface area contributed by atoms with Crippen molar-refractivity contribution in [2.45, 2.75) is 20.4 Å². The summed E-state index contributed by atoms with van der Waals surface area (Å²) >= 11 is 0. The average molecular weight is 205 g/mol. The maximum Gasteiger partial charge on any atom is 0.145 e. The summed E-state index contributed by atoms with van der Waals surface area (Å²) in [6, 6.07) is 3.91. The Morgan fingerprint density at radius 3 is 2.40 bits per heavy atom. The van der Waals surface area contributed by atoms with Crippen LogP contribution in [-0.4, -0.2) is 19.6 Å². The van der Waals surface area contributed by atoms with E-state index in [2.05, 4.69) is 16.3 Å². The number of aryl methyl sites for hydroxylation is 3. The molecule has 5 heteroatoms. The average Bonchev–Trinajstić information content (AvgIpc) is 2.59. The molecule has 0 atom stereocenters. The van der Waals surface area contributed by atoms with Crippen LogP contribution in [-0.2, 0) is 13.6 Å². The molecule has 0 amide bonds. The number of nitrogens with zero attached hydrogens (tertiary/aromatic N) is 4. The normalized spacial score (nSPS) is 10.9. The maximum atomic E-state index is 5.61. The summed E-state index contributed by atoms with van der Waals surface area (Å²) in [5.74, 6) is 0.556. The van der Waals surface area contributed by atoms with Crippen LogP contribution < -0.4 is 5.73 Å². The van der Waals surface area contributed by atoms with E-state index in [1.165, 1.54) is 0 Å². The molecule has 2 N–H and O–H groups in total. The van der Waals surface area contributed by atoms with E-state index in [4.69, 9.17) is 5.73 Å². The zero-order chi connectivity index (χ0) is 11.0. The highest BCUT2D eigenvalue weighted by atomic mass is 15.3. The first kappa shape index (κ1) is 9.76. The number of anilines is 1. The fourth-order valence-corrected chi connectivity index (χ4v) is 1.56. The van der Waals surface area contributed by atoms with Crippen LogP contribution in [0.4, 0.5) is 5.82 Å². The zero-order valence-corrected chi connectivity index (χ0v) is 9.23. The van der Waals surface area contributed by atoms with Gasteiger partial charge in [-0.05, 0) is 19.9 Å². The minimum atomic E-state index is 0.556. The predicted octanol–water partition coefficient (Wildman–Crippen LogP) is 0.864. The number of nitrogen functional groups attached to an aromatic ring is 1. The van der Waals surface area contributed by atoms with Crippen LogP contribution in [0.3, 0.4) is 0 Å². The quantitative estimate of drug-likeness (QED) is 0.791. The second-order valence-electron chi connectivity index (χ2n) is 3.77. The third-order valence-electron chi connectivity index (χ3n) is 2.48. The fourth-order valence-electron chi connectivity index (χ4n) is 1.56. The molecule has 0 fully saturated rings. The molecule has 0 saturated carbocycles. The first-order valence-corrected chi connectivity index (χ1v) is 4.85. The smallest absolute Gasteiger partial charge is 0.145 e. The minimum absolute atomic E-state index is 0.556. The monoisotopic (exact) mass is 205 g/mol. The highest BCUT2D eigenvalue weighted by molar-refractivity contribution is 5.29. The van der Waals surface area contributed by atoms with Crippen molar-refractivity contribution in [3.63, 3.8) is 0 Å². The van der Waals surface area contributed by atoms with Crippen molar-refractivity contribution < 1.29 is 0 Å². The summed E-state index contributed by atoms with van der Waals surface area (Å²) < 4.78 is 3.72. The van der Waals surface area contributed by atoms with Gasteiger partial charge < -0.3 is 5.73 Å². The lowest BCUT2D eigenvalue weighted by Crippen LogP contribution is -2.05. The van der Waals surface area contributed by atoms with E-state index < -0.39 is 0 Å². The Balaban J connectivity index is 2.25. The van der Waals surface area contributed by atoms with Crippen LogP contribution in [0.1, 0.15) is 17.1 Å². The number of hydrogen-bond donors (Lipinski definition) is 1. The third-order valence-corrected chi connectivity index (χ3v) is 2.48.